The second kappa shape index (κ2) is 5.50. The fourth-order valence-electron chi connectivity index (χ4n) is 7.27. The van der Waals surface area contributed by atoms with Crippen molar-refractivity contribution >= 4 is 104 Å². The molecule has 4 aromatic carbocycles. The normalized spacial score (nSPS) is 21.9. The molecule has 36 heavy (non-hydrogen) atoms. The number of hydrogen-bond acceptors (Lipinski definition) is 2. The third kappa shape index (κ3) is 1.92. The van der Waals surface area contributed by atoms with Crippen molar-refractivity contribution in [1.29, 1.82) is 0 Å². The van der Waals surface area contributed by atoms with E-state index in [1.165, 1.54) is 49.2 Å². The molecule has 11 rings (SSSR count). The van der Waals surface area contributed by atoms with Gasteiger partial charge in [-0.15, -0.1) is 0 Å². The number of para-hydroxylation sites is 2. The third-order valence-corrected chi connectivity index (χ3v) is 18.0. The SMILES string of the molecule is [B]1B2[B-]P12(N=[P+]1B2[B-]B21)c1ccc2c(c1)c1cccc3c1n2-c1cccc2c1B3c1ccccc1O2. The molecular weight excluding hydrogens is 470 g/mol. The molecule has 0 amide bonds. The first-order valence-corrected chi connectivity index (χ1v) is 16.7. The molecule has 0 unspecified atom stereocenters. The second-order valence-electron chi connectivity index (χ2n) is 11.3. The summed E-state index contributed by atoms with van der Waals surface area (Å²) in [5.74, 6) is 1.95. The van der Waals surface area contributed by atoms with E-state index >= 15 is 0 Å². The number of benzene rings is 4. The summed E-state index contributed by atoms with van der Waals surface area (Å²) in [5.41, 5.74) is 7.81. The van der Waals surface area contributed by atoms with Crippen LogP contribution in [0, 0.1) is 0 Å². The molecule has 4 fully saturated rings. The van der Waals surface area contributed by atoms with E-state index in [0.717, 1.165) is 23.9 Å². The van der Waals surface area contributed by atoms with Crippen LogP contribution in [0.3, 0.4) is 0 Å². The molecular formula is C24H13B7N2OP2-. The maximum atomic E-state index is 6.44. The van der Waals surface area contributed by atoms with Gasteiger partial charge in [0.25, 0.3) is 0 Å². The topological polar surface area (TPSA) is 26.5 Å². The number of ether oxygens (including phenoxy) is 1. The molecule has 5 radical (unpaired) electrons. The maximum absolute atomic E-state index is 6.44. The average Bonchev–Trinajstić information content (AvgIpc) is 3.81. The van der Waals surface area contributed by atoms with Gasteiger partial charge in [0.2, 0.25) is 0 Å². The van der Waals surface area contributed by atoms with Crippen molar-refractivity contribution in [3.63, 3.8) is 0 Å². The zero-order valence-electron chi connectivity index (χ0n) is 19.2. The molecule has 3 nitrogen and oxygen atoms in total. The van der Waals surface area contributed by atoms with Gasteiger partial charge in [0.1, 0.15) is 0 Å². The fraction of sp³-hybridized carbons (Fsp3) is 0. The summed E-state index contributed by atoms with van der Waals surface area (Å²) in [4.78, 5) is 0. The molecule has 0 atom stereocenters. The van der Waals surface area contributed by atoms with Gasteiger partial charge < -0.3 is 0 Å². The van der Waals surface area contributed by atoms with Gasteiger partial charge in [-0.3, -0.25) is 0 Å². The second-order valence-corrected chi connectivity index (χ2v) is 18.2. The van der Waals surface area contributed by atoms with Crippen molar-refractivity contribution in [3.8, 4) is 17.2 Å². The molecule has 7 heterocycles. The molecule has 1 aromatic heterocycles. The van der Waals surface area contributed by atoms with Crippen LogP contribution in [0.5, 0.6) is 11.5 Å². The monoisotopic (exact) mass is 484 g/mol. The first kappa shape index (κ1) is 18.7. The fourth-order valence-corrected chi connectivity index (χ4v) is 16.4. The summed E-state index contributed by atoms with van der Waals surface area (Å²) in [6.07, 6.45) is 0.251. The summed E-state index contributed by atoms with van der Waals surface area (Å²) in [7, 11) is 2.42. The molecule has 157 valence electrons. The molecule has 0 N–H and O–H groups in total. The van der Waals surface area contributed by atoms with E-state index in [-0.39, 0.29) is 14.2 Å². The molecule has 6 aliphatic heterocycles. The standard InChI is InChI=1S/C24H13B7N2OP2/c1-2-9-21-17(6-1)28-18-7-3-5-15-16-13-14(36(26-29(36)27-36)32-35-30-25-31(30)35)11-12-19(16)33(24(15)18)20-8-4-10-22(34-21)23(20)28/h1-13H/q-1. The van der Waals surface area contributed by atoms with E-state index in [9.17, 15) is 0 Å². The van der Waals surface area contributed by atoms with Crippen LogP contribution >= 0.6 is 13.9 Å². The first-order valence-electron chi connectivity index (χ1n) is 12.8. The van der Waals surface area contributed by atoms with Crippen LogP contribution in [0.2, 0.25) is 0 Å². The Kier molecular flexibility index (Phi) is 2.85. The zero-order valence-corrected chi connectivity index (χ0v) is 21.0. The molecule has 0 bridgehead atoms. The third-order valence-electron chi connectivity index (χ3n) is 9.51. The number of rotatable bonds is 2. The van der Waals surface area contributed by atoms with Gasteiger partial charge in [-0.25, -0.2) is 0 Å². The number of aromatic nitrogens is 1. The van der Waals surface area contributed by atoms with Crippen LogP contribution in [0.4, 0.5) is 0 Å². The summed E-state index contributed by atoms with van der Waals surface area (Å²) in [6, 6.07) is 29.3. The Morgan fingerprint density at radius 3 is 2.53 bits per heavy atom. The summed E-state index contributed by atoms with van der Waals surface area (Å²) < 4.78 is 14.6. The van der Waals surface area contributed by atoms with Crippen LogP contribution in [0.15, 0.2) is 83.4 Å². The van der Waals surface area contributed by atoms with Crippen molar-refractivity contribution in [3.05, 3.63) is 78.9 Å². The number of fused-ring (bicyclic) bond motifs is 9. The summed E-state index contributed by atoms with van der Waals surface area (Å²) in [5, 5.41) is 4.22. The van der Waals surface area contributed by atoms with E-state index in [0.29, 0.717) is 6.21 Å². The molecule has 0 saturated carbocycles. The van der Waals surface area contributed by atoms with Crippen LogP contribution in [0.1, 0.15) is 0 Å². The minimum absolute atomic E-state index is 0.0599. The predicted molar refractivity (Wildman–Crippen MR) is 162 cm³/mol. The van der Waals surface area contributed by atoms with Crippen LogP contribution in [0.25, 0.3) is 27.5 Å². The van der Waals surface area contributed by atoms with Crippen molar-refractivity contribution in [2.45, 2.75) is 0 Å². The van der Waals surface area contributed by atoms with Crippen molar-refractivity contribution < 1.29 is 4.74 Å². The van der Waals surface area contributed by atoms with Gasteiger partial charge in [-0.2, -0.15) is 0 Å². The van der Waals surface area contributed by atoms with Crippen LogP contribution < -0.4 is 26.4 Å². The molecule has 4 saturated heterocycles. The van der Waals surface area contributed by atoms with E-state index in [2.05, 4.69) is 104 Å². The minimum atomic E-state index is -2.15. The summed E-state index contributed by atoms with van der Waals surface area (Å²) in [6.45, 7) is 5.39. The molecule has 0 spiro atoms. The predicted octanol–water partition coefficient (Wildman–Crippen LogP) is 2.51. The number of nitrogens with zero attached hydrogens (tertiary/aromatic N) is 2. The van der Waals surface area contributed by atoms with E-state index in [1.54, 1.807) is 0 Å². The van der Waals surface area contributed by atoms with Gasteiger partial charge in [0.05, 0.1) is 0 Å². The van der Waals surface area contributed by atoms with Crippen LogP contribution in [-0.4, -0.2) is 50.8 Å². The average molecular weight is 483 g/mol. The van der Waals surface area contributed by atoms with Gasteiger partial charge in [-0.1, -0.05) is 0 Å². The van der Waals surface area contributed by atoms with E-state index < -0.39 is 6.39 Å². The van der Waals surface area contributed by atoms with Crippen molar-refractivity contribution in [2.24, 2.45) is 4.52 Å². The Hall–Kier alpha value is -2.54. The molecule has 12 heteroatoms. The molecule has 5 aromatic rings. The quantitative estimate of drug-likeness (QED) is 0.275. The Labute approximate surface area is 212 Å². The summed E-state index contributed by atoms with van der Waals surface area (Å²) >= 11 is 0. The first-order chi connectivity index (χ1) is 17.7. The molecule has 6 aliphatic rings. The van der Waals surface area contributed by atoms with Gasteiger partial charge in [0.15, 0.2) is 0 Å². The van der Waals surface area contributed by atoms with Gasteiger partial charge in [0, 0.05) is 0 Å². The van der Waals surface area contributed by atoms with Gasteiger partial charge in [-0.05, 0) is 0 Å². The molecule has 0 aliphatic carbocycles. The zero-order chi connectivity index (χ0) is 23.0. The van der Waals surface area contributed by atoms with Crippen LogP contribution in [-0.2, 0) is 0 Å². The van der Waals surface area contributed by atoms with E-state index in [1.807, 2.05) is 0 Å². The van der Waals surface area contributed by atoms with E-state index in [4.69, 9.17) is 9.25 Å². The van der Waals surface area contributed by atoms with Crippen molar-refractivity contribution in [1.82, 2.24) is 4.57 Å². The number of hydrogen-bond donors (Lipinski definition) is 0. The Balaban J connectivity index is 1.23. The Morgan fingerprint density at radius 2 is 1.69 bits per heavy atom. The van der Waals surface area contributed by atoms with Crippen molar-refractivity contribution in [2.75, 3.05) is 0 Å². The Bertz CT molecular complexity index is 1980. The van der Waals surface area contributed by atoms with Gasteiger partial charge >= 0.3 is 213 Å². The Morgan fingerprint density at radius 1 is 0.889 bits per heavy atom.